The van der Waals surface area contributed by atoms with E-state index in [0.29, 0.717) is 18.3 Å². The maximum Gasteiger partial charge on any atom is 0.190 e. The predicted molar refractivity (Wildman–Crippen MR) is 78.1 cm³/mol. The highest BCUT2D eigenvalue weighted by atomic mass is 16.4. The summed E-state index contributed by atoms with van der Waals surface area (Å²) in [6.07, 6.45) is 7.49. The SMILES string of the molecule is N/C(=N/O)c1ncccc1N(CCO)C1CCCCC1. The number of nitrogens with two attached hydrogens (primary N) is 1. The molecule has 1 aliphatic carbocycles. The molecular weight excluding hydrogens is 256 g/mol. The number of nitrogens with zero attached hydrogens (tertiary/aromatic N) is 3. The molecule has 4 N–H and O–H groups in total. The Kier molecular flexibility index (Phi) is 5.17. The number of pyridine rings is 1. The van der Waals surface area contributed by atoms with Crippen molar-refractivity contribution < 1.29 is 10.3 Å². The number of amidine groups is 1. The van der Waals surface area contributed by atoms with Crippen LogP contribution >= 0.6 is 0 Å². The Bertz CT molecular complexity index is 458. The van der Waals surface area contributed by atoms with Crippen molar-refractivity contribution in [2.24, 2.45) is 10.9 Å². The second-order valence-electron chi connectivity index (χ2n) is 5.07. The monoisotopic (exact) mass is 278 g/mol. The van der Waals surface area contributed by atoms with Gasteiger partial charge >= 0.3 is 0 Å². The number of aromatic nitrogens is 1. The molecule has 6 nitrogen and oxygen atoms in total. The van der Waals surface area contributed by atoms with Gasteiger partial charge in [0.2, 0.25) is 0 Å². The van der Waals surface area contributed by atoms with E-state index in [1.54, 1.807) is 6.20 Å². The summed E-state index contributed by atoms with van der Waals surface area (Å²) in [6, 6.07) is 4.12. The lowest BCUT2D eigenvalue weighted by Crippen LogP contribution is -2.40. The van der Waals surface area contributed by atoms with Crippen molar-refractivity contribution in [1.29, 1.82) is 0 Å². The van der Waals surface area contributed by atoms with Gasteiger partial charge in [0.1, 0.15) is 5.69 Å². The van der Waals surface area contributed by atoms with E-state index in [1.807, 2.05) is 12.1 Å². The van der Waals surface area contributed by atoms with Crippen LogP contribution in [0.25, 0.3) is 0 Å². The molecular formula is C14H22N4O2. The fraction of sp³-hybridized carbons (Fsp3) is 0.571. The van der Waals surface area contributed by atoms with Crippen LogP contribution < -0.4 is 10.6 Å². The molecule has 2 rings (SSSR count). The van der Waals surface area contributed by atoms with Crippen molar-refractivity contribution in [3.8, 4) is 0 Å². The summed E-state index contributed by atoms with van der Waals surface area (Å²) in [4.78, 5) is 6.35. The Hall–Kier alpha value is -1.82. The Morgan fingerprint density at radius 3 is 2.80 bits per heavy atom. The molecule has 0 spiro atoms. The summed E-state index contributed by atoms with van der Waals surface area (Å²) in [5, 5.41) is 21.3. The number of rotatable bonds is 5. The Morgan fingerprint density at radius 1 is 1.40 bits per heavy atom. The summed E-state index contributed by atoms with van der Waals surface area (Å²) in [6.45, 7) is 0.600. The van der Waals surface area contributed by atoms with Crippen LogP contribution in [0.3, 0.4) is 0 Å². The van der Waals surface area contributed by atoms with Gasteiger partial charge in [0.05, 0.1) is 12.3 Å². The zero-order valence-corrected chi connectivity index (χ0v) is 11.6. The molecule has 1 aromatic rings. The van der Waals surface area contributed by atoms with Gasteiger partial charge in [0.15, 0.2) is 5.84 Å². The second kappa shape index (κ2) is 7.09. The average Bonchev–Trinajstić information content (AvgIpc) is 2.53. The van der Waals surface area contributed by atoms with Crippen molar-refractivity contribution in [1.82, 2.24) is 4.98 Å². The maximum absolute atomic E-state index is 9.34. The molecule has 1 heterocycles. The van der Waals surface area contributed by atoms with Gasteiger partial charge in [-0.25, -0.2) is 0 Å². The molecule has 0 radical (unpaired) electrons. The Balaban J connectivity index is 2.33. The van der Waals surface area contributed by atoms with Crippen LogP contribution in [0.1, 0.15) is 37.8 Å². The summed E-state index contributed by atoms with van der Waals surface area (Å²) in [7, 11) is 0. The molecule has 1 aliphatic rings. The molecule has 1 saturated carbocycles. The number of hydrogen-bond acceptors (Lipinski definition) is 5. The predicted octanol–water partition coefficient (Wildman–Crippen LogP) is 1.31. The van der Waals surface area contributed by atoms with Crippen LogP contribution in [0, 0.1) is 0 Å². The van der Waals surface area contributed by atoms with E-state index >= 15 is 0 Å². The summed E-state index contributed by atoms with van der Waals surface area (Å²) >= 11 is 0. The average molecular weight is 278 g/mol. The lowest BCUT2D eigenvalue weighted by Gasteiger charge is -2.36. The van der Waals surface area contributed by atoms with Gasteiger partial charge in [-0.05, 0) is 25.0 Å². The van der Waals surface area contributed by atoms with Gasteiger partial charge in [-0.1, -0.05) is 24.4 Å². The van der Waals surface area contributed by atoms with Crippen LogP contribution in [0.15, 0.2) is 23.5 Å². The van der Waals surface area contributed by atoms with E-state index in [2.05, 4.69) is 15.0 Å². The molecule has 0 aliphatic heterocycles. The van der Waals surface area contributed by atoms with Crippen molar-refractivity contribution in [3.05, 3.63) is 24.0 Å². The highest BCUT2D eigenvalue weighted by Gasteiger charge is 2.24. The van der Waals surface area contributed by atoms with E-state index in [1.165, 1.54) is 19.3 Å². The lowest BCUT2D eigenvalue weighted by molar-refractivity contribution is 0.290. The minimum Gasteiger partial charge on any atom is -0.409 e. The van der Waals surface area contributed by atoms with Gasteiger partial charge in [0.25, 0.3) is 0 Å². The number of hydrogen-bond donors (Lipinski definition) is 3. The zero-order valence-electron chi connectivity index (χ0n) is 11.6. The first kappa shape index (κ1) is 14.6. The first-order chi connectivity index (χ1) is 9.77. The van der Waals surface area contributed by atoms with E-state index in [4.69, 9.17) is 10.9 Å². The van der Waals surface area contributed by atoms with Crippen LogP contribution in [-0.4, -0.2) is 40.3 Å². The van der Waals surface area contributed by atoms with Gasteiger partial charge in [-0.2, -0.15) is 0 Å². The molecule has 6 heteroatoms. The molecule has 1 aromatic heterocycles. The minimum atomic E-state index is -0.000603. The third kappa shape index (κ3) is 3.19. The van der Waals surface area contributed by atoms with E-state index < -0.39 is 0 Å². The fourth-order valence-corrected chi connectivity index (χ4v) is 2.87. The van der Waals surface area contributed by atoms with Crippen molar-refractivity contribution in [2.75, 3.05) is 18.1 Å². The summed E-state index contributed by atoms with van der Waals surface area (Å²) in [5.41, 5.74) is 7.00. The Morgan fingerprint density at radius 2 is 2.15 bits per heavy atom. The largest absolute Gasteiger partial charge is 0.409 e. The molecule has 0 unspecified atom stereocenters. The van der Waals surface area contributed by atoms with Crippen LogP contribution in [0.5, 0.6) is 0 Å². The minimum absolute atomic E-state index is 0.000603. The molecule has 0 atom stereocenters. The van der Waals surface area contributed by atoms with Crippen LogP contribution in [0.2, 0.25) is 0 Å². The molecule has 0 saturated heterocycles. The third-order valence-electron chi connectivity index (χ3n) is 3.80. The second-order valence-corrected chi connectivity index (χ2v) is 5.07. The van der Waals surface area contributed by atoms with E-state index in [-0.39, 0.29) is 12.4 Å². The Labute approximate surface area is 118 Å². The molecule has 110 valence electrons. The van der Waals surface area contributed by atoms with Crippen molar-refractivity contribution in [3.63, 3.8) is 0 Å². The zero-order chi connectivity index (χ0) is 14.4. The number of aliphatic hydroxyl groups is 1. The van der Waals surface area contributed by atoms with E-state index in [0.717, 1.165) is 18.5 Å². The number of aliphatic hydroxyl groups excluding tert-OH is 1. The highest BCUT2D eigenvalue weighted by Crippen LogP contribution is 2.28. The number of oxime groups is 1. The van der Waals surface area contributed by atoms with Gasteiger partial charge in [-0.3, -0.25) is 4.98 Å². The molecule has 0 amide bonds. The van der Waals surface area contributed by atoms with Gasteiger partial charge in [0, 0.05) is 18.8 Å². The van der Waals surface area contributed by atoms with Crippen LogP contribution in [-0.2, 0) is 0 Å². The van der Waals surface area contributed by atoms with Gasteiger partial charge in [-0.15, -0.1) is 0 Å². The molecule has 20 heavy (non-hydrogen) atoms. The smallest absolute Gasteiger partial charge is 0.190 e. The first-order valence-corrected chi connectivity index (χ1v) is 7.08. The maximum atomic E-state index is 9.34. The number of anilines is 1. The summed E-state index contributed by atoms with van der Waals surface area (Å²) in [5.74, 6) is -0.000603. The lowest BCUT2D eigenvalue weighted by atomic mass is 9.93. The normalized spacial score (nSPS) is 17.1. The topological polar surface area (TPSA) is 95.0 Å². The van der Waals surface area contributed by atoms with Crippen LogP contribution in [0.4, 0.5) is 5.69 Å². The third-order valence-corrected chi connectivity index (χ3v) is 3.80. The standard InChI is InChI=1S/C14H22N4O2/c15-14(17-20)13-12(7-4-8-16-13)18(9-10-19)11-5-2-1-3-6-11/h4,7-8,11,19-20H,1-3,5-6,9-10H2,(H2,15,17). The van der Waals surface area contributed by atoms with Crippen molar-refractivity contribution >= 4 is 11.5 Å². The highest BCUT2D eigenvalue weighted by molar-refractivity contribution is 6.00. The summed E-state index contributed by atoms with van der Waals surface area (Å²) < 4.78 is 0. The molecule has 1 fully saturated rings. The first-order valence-electron chi connectivity index (χ1n) is 7.08. The molecule has 0 aromatic carbocycles. The van der Waals surface area contributed by atoms with E-state index in [9.17, 15) is 5.11 Å². The molecule has 0 bridgehead atoms. The quantitative estimate of drug-likeness (QED) is 0.327. The van der Waals surface area contributed by atoms with Gasteiger partial charge < -0.3 is 20.9 Å². The fourth-order valence-electron chi connectivity index (χ4n) is 2.87. The van der Waals surface area contributed by atoms with Crippen molar-refractivity contribution in [2.45, 2.75) is 38.1 Å².